The first-order chi connectivity index (χ1) is 57.7. The fourth-order valence-corrected chi connectivity index (χ4v) is 24.0. The molecule has 6 aliphatic rings. The van der Waals surface area contributed by atoms with Crippen molar-refractivity contribution in [3.05, 3.63) is 324 Å². The van der Waals surface area contributed by atoms with Gasteiger partial charge in [-0.2, -0.15) is 18.5 Å². The minimum absolute atomic E-state index is 0.0317. The summed E-state index contributed by atoms with van der Waals surface area (Å²) in [6.45, 7) is 35.3. The average molecular weight is 1580 g/mol. The van der Waals surface area contributed by atoms with Crippen molar-refractivity contribution in [3.8, 4) is 11.6 Å². The van der Waals surface area contributed by atoms with E-state index >= 15 is 0 Å². The second-order valence-electron chi connectivity index (χ2n) is 38.8. The second kappa shape index (κ2) is 26.6. The molecular weight excluding hydrogens is 1480 g/mol. The lowest BCUT2D eigenvalue weighted by Gasteiger charge is -2.35. The summed E-state index contributed by atoms with van der Waals surface area (Å²) in [6.07, 6.45) is 18.3. The van der Waals surface area contributed by atoms with Crippen LogP contribution in [-0.4, -0.2) is 53.6 Å². The van der Waals surface area contributed by atoms with Crippen LogP contribution >= 0.6 is 11.3 Å². The number of nitrogens with zero attached hydrogens (tertiary/aromatic N) is 10. The normalized spacial score (nSPS) is 14.0. The Balaban J connectivity index is 0.000000108. The number of hydrogen-bond donors (Lipinski definition) is 0. The predicted molar refractivity (Wildman–Crippen MR) is 501 cm³/mol. The quantitative estimate of drug-likeness (QED) is 0.128. The SMILES string of the molecule is Cc1cccc2c1B1c3c(cccc3Cc3cc4sc5nc6c(C(C)(C)C)cc[n+](C)c6n5c4c(C)c31)C2.Cc1cccc2c1B1c3c(cncc3Cc3cc4c5ccccc5n(-c5cc(C(C)(C)C)cc[n+]5C)c4c(C)c31)C2.Cc1cccc2c1B1c3c(ncnc3Cc3cc4c5ccccc5n(-c5cc(C(C)(C)C)cc[n+]5C)c4c(C)c31)C2. The van der Waals surface area contributed by atoms with Crippen molar-refractivity contribution < 1.29 is 13.7 Å². The van der Waals surface area contributed by atoms with E-state index in [4.69, 9.17) is 19.9 Å². The lowest BCUT2D eigenvalue weighted by Crippen LogP contribution is -2.63. The molecule has 6 aliphatic heterocycles. The van der Waals surface area contributed by atoms with E-state index < -0.39 is 0 Å². The first-order valence-corrected chi connectivity index (χ1v) is 44.0. The van der Waals surface area contributed by atoms with E-state index in [1.54, 1.807) is 11.8 Å². The number of pyridine rings is 4. The standard InChI is InChI=1S/C37H35BN3.C36H34BN4.C33H31BN3S/c1-22-10-9-11-24-16-26-20-39-21-27-17-25-18-30-29-12-7-8-13-31(29)41(32-19-28(37(3,4)5)14-15-40(32)6)36(30)23(2)34(25)38(33(22)24)35(26)27;1-21-10-9-11-23-17-28-34-29(39-20-38-28)18-24-16-27-26-12-7-8-13-30(26)41(35(27)22(2)33(24)37(34)32(21)23)31-19-25(36(3,4)5)14-15-40(31)6;1-18-9-7-10-20-15-21-11-8-12-22-16-23-17-25-30(19(2)27(23)34(26(18)20)28(21)22)37-31-29(35-32(37)38-25)24(33(3,4)5)13-14-36(31)6/h7-15,18-21H,16-17H2,1-6H3;7-16,19-20H,17-18H2,1-6H3;7-14,17H,15-16H2,1-6H3/q3*+1. The highest BCUT2D eigenvalue weighted by molar-refractivity contribution is 7.23. The summed E-state index contributed by atoms with van der Waals surface area (Å²) in [5.41, 5.74) is 51.3. The molecule has 0 saturated heterocycles. The molecule has 10 nitrogen and oxygen atoms in total. The van der Waals surface area contributed by atoms with Crippen molar-refractivity contribution >= 4 is 151 Å². The lowest BCUT2D eigenvalue weighted by molar-refractivity contribution is -0.665. The molecule has 586 valence electrons. The Kier molecular flexibility index (Phi) is 16.5. The third-order valence-electron chi connectivity index (χ3n) is 28.4. The average Bonchev–Trinajstić information content (AvgIpc) is 1.72. The summed E-state index contributed by atoms with van der Waals surface area (Å²) in [7, 11) is 6.49. The van der Waals surface area contributed by atoms with E-state index in [0.717, 1.165) is 49.0 Å². The Bertz CT molecular complexity index is 7220. The highest BCUT2D eigenvalue weighted by Crippen LogP contribution is 2.42. The zero-order valence-corrected chi connectivity index (χ0v) is 73.3. The Morgan fingerprint density at radius 3 is 1.28 bits per heavy atom. The van der Waals surface area contributed by atoms with Crippen LogP contribution in [-0.2, 0) is 75.9 Å². The summed E-state index contributed by atoms with van der Waals surface area (Å²) < 4.78 is 15.6. The van der Waals surface area contributed by atoms with E-state index in [2.05, 4.69) is 353 Å². The molecule has 15 heterocycles. The molecule has 0 N–H and O–H groups in total. The number of aryl methyl sites for hydroxylation is 9. The highest BCUT2D eigenvalue weighted by atomic mass is 32.1. The molecular formula is C106H100B3N10S+3. The zero-order valence-electron chi connectivity index (χ0n) is 72.5. The van der Waals surface area contributed by atoms with Crippen LogP contribution in [0.2, 0.25) is 0 Å². The molecule has 0 aliphatic carbocycles. The van der Waals surface area contributed by atoms with Crippen molar-refractivity contribution in [1.82, 2.24) is 33.5 Å². The molecule has 120 heavy (non-hydrogen) atoms. The van der Waals surface area contributed by atoms with E-state index in [1.807, 2.05) is 11.3 Å². The fraction of sp³-hybridized carbons (Fsp3) is 0.255. The number of benzene rings is 9. The Hall–Kier alpha value is -11.9. The first kappa shape index (κ1) is 74.4. The minimum atomic E-state index is 0.0317. The molecule has 9 aromatic carbocycles. The fourth-order valence-electron chi connectivity index (χ4n) is 22.9. The van der Waals surface area contributed by atoms with E-state index in [0.29, 0.717) is 6.71 Å². The number of aromatic nitrogens is 10. The summed E-state index contributed by atoms with van der Waals surface area (Å²) in [4.78, 5) is 20.8. The van der Waals surface area contributed by atoms with E-state index in [9.17, 15) is 0 Å². The molecule has 18 aromatic rings. The number of imidazole rings is 1. The van der Waals surface area contributed by atoms with Gasteiger partial charge in [0.1, 0.15) is 28.4 Å². The van der Waals surface area contributed by atoms with Gasteiger partial charge in [-0.1, -0.05) is 231 Å². The number of para-hydroxylation sites is 2. The van der Waals surface area contributed by atoms with Gasteiger partial charge in [0.15, 0.2) is 11.0 Å². The number of rotatable bonds is 2. The van der Waals surface area contributed by atoms with Gasteiger partial charge in [-0.3, -0.25) is 4.98 Å². The van der Waals surface area contributed by atoms with E-state index in [1.165, 1.54) is 232 Å². The van der Waals surface area contributed by atoms with Crippen molar-refractivity contribution in [1.29, 1.82) is 0 Å². The van der Waals surface area contributed by atoms with Gasteiger partial charge in [-0.25, -0.2) is 23.7 Å². The van der Waals surface area contributed by atoms with Crippen LogP contribution in [0.25, 0.3) is 81.6 Å². The van der Waals surface area contributed by atoms with Crippen LogP contribution in [0.1, 0.15) is 179 Å². The van der Waals surface area contributed by atoms with Crippen LogP contribution in [0.15, 0.2) is 207 Å². The summed E-state index contributed by atoms with van der Waals surface area (Å²) in [5, 5.41) is 5.26. The molecule has 0 fully saturated rings. The van der Waals surface area contributed by atoms with Gasteiger partial charge in [-0.05, 0) is 239 Å². The number of fused-ring (bicyclic) bond motifs is 23. The molecule has 9 aromatic heterocycles. The van der Waals surface area contributed by atoms with Gasteiger partial charge in [0, 0.05) is 70.3 Å². The zero-order chi connectivity index (χ0) is 82.5. The second-order valence-corrected chi connectivity index (χ2v) is 39.8. The maximum Gasteiger partial charge on any atom is 0.315 e. The Morgan fingerprint density at radius 2 is 0.775 bits per heavy atom. The lowest BCUT2D eigenvalue weighted by atomic mass is 9.29. The Morgan fingerprint density at radius 1 is 0.367 bits per heavy atom. The summed E-state index contributed by atoms with van der Waals surface area (Å²) in [6, 6.07) is 64.3. The smallest absolute Gasteiger partial charge is 0.264 e. The molecule has 0 bridgehead atoms. The minimum Gasteiger partial charge on any atom is -0.264 e. The van der Waals surface area contributed by atoms with Gasteiger partial charge < -0.3 is 0 Å². The van der Waals surface area contributed by atoms with Gasteiger partial charge >= 0.3 is 5.65 Å². The molecule has 0 amide bonds. The van der Waals surface area contributed by atoms with E-state index in [-0.39, 0.29) is 29.7 Å². The first-order valence-electron chi connectivity index (χ1n) is 43.2. The van der Waals surface area contributed by atoms with Crippen molar-refractivity contribution in [2.24, 2.45) is 21.1 Å². The molecule has 0 radical (unpaired) electrons. The van der Waals surface area contributed by atoms with Crippen molar-refractivity contribution in [2.75, 3.05) is 0 Å². The third-order valence-corrected chi connectivity index (χ3v) is 29.4. The van der Waals surface area contributed by atoms with Crippen molar-refractivity contribution in [2.45, 2.75) is 159 Å². The number of hydrogen-bond acceptors (Lipinski definition) is 5. The van der Waals surface area contributed by atoms with Crippen LogP contribution in [0.5, 0.6) is 0 Å². The molecule has 0 saturated carbocycles. The monoisotopic (exact) mass is 1580 g/mol. The van der Waals surface area contributed by atoms with Crippen LogP contribution < -0.4 is 62.9 Å². The molecule has 24 rings (SSSR count). The van der Waals surface area contributed by atoms with Gasteiger partial charge in [0.2, 0.25) is 20.1 Å². The maximum atomic E-state index is 5.26. The third kappa shape index (κ3) is 11.0. The van der Waals surface area contributed by atoms with Gasteiger partial charge in [-0.15, -0.1) is 0 Å². The largest absolute Gasteiger partial charge is 0.315 e. The predicted octanol–water partition coefficient (Wildman–Crippen LogP) is 14.6. The highest BCUT2D eigenvalue weighted by Gasteiger charge is 2.46. The summed E-state index contributed by atoms with van der Waals surface area (Å²) >= 11 is 1.84. The maximum absolute atomic E-state index is 5.26. The molecule has 14 heteroatoms. The summed E-state index contributed by atoms with van der Waals surface area (Å²) in [5.74, 6) is 2.39. The molecule has 0 atom stereocenters. The molecule has 0 spiro atoms. The van der Waals surface area contributed by atoms with Gasteiger partial charge in [0.05, 0.1) is 44.4 Å². The molecule has 0 unspecified atom stereocenters. The Labute approximate surface area is 708 Å². The van der Waals surface area contributed by atoms with Crippen LogP contribution in [0.3, 0.4) is 0 Å². The van der Waals surface area contributed by atoms with Crippen LogP contribution in [0.4, 0.5) is 0 Å². The van der Waals surface area contributed by atoms with Gasteiger partial charge in [0.25, 0.3) is 16.6 Å². The number of thiazole rings is 1. The van der Waals surface area contributed by atoms with Crippen LogP contribution in [0, 0.1) is 41.5 Å². The van der Waals surface area contributed by atoms with Crippen molar-refractivity contribution in [3.63, 3.8) is 0 Å². The topological polar surface area (TPSA) is 77.5 Å².